The maximum absolute atomic E-state index is 13.9. The van der Waals surface area contributed by atoms with E-state index >= 15 is 0 Å². The molecule has 0 bridgehead atoms. The summed E-state index contributed by atoms with van der Waals surface area (Å²) < 4.78 is 32.0. The number of ether oxygens (including phenoxy) is 1. The minimum Gasteiger partial charge on any atom is -0.464 e. The minimum atomic E-state index is -0.854. The van der Waals surface area contributed by atoms with E-state index in [1.165, 1.54) is 6.08 Å². The second-order valence-corrected chi connectivity index (χ2v) is 4.54. The maximum atomic E-state index is 13.9. The van der Waals surface area contributed by atoms with Crippen molar-refractivity contribution in [2.24, 2.45) is 0 Å². The van der Waals surface area contributed by atoms with E-state index in [1.54, 1.807) is 0 Å². The smallest absolute Gasteiger partial charge is 0.357 e. The van der Waals surface area contributed by atoms with Gasteiger partial charge >= 0.3 is 5.97 Å². The Morgan fingerprint density at radius 2 is 2.05 bits per heavy atom. The first kappa shape index (κ1) is 15.8. The normalized spacial score (nSPS) is 10.4. The summed E-state index contributed by atoms with van der Waals surface area (Å²) in [4.78, 5) is 19.5. The summed E-state index contributed by atoms with van der Waals surface area (Å²) in [6.45, 7) is 3.50. The molecule has 2 rings (SSSR count). The molecule has 0 aliphatic heterocycles. The molecule has 1 aromatic heterocycles. The molecule has 0 aliphatic rings. The van der Waals surface area contributed by atoms with Gasteiger partial charge in [0.1, 0.15) is 17.5 Å². The van der Waals surface area contributed by atoms with E-state index in [9.17, 15) is 13.6 Å². The molecule has 0 saturated carbocycles. The van der Waals surface area contributed by atoms with Gasteiger partial charge in [-0.25, -0.2) is 23.5 Å². The average molecular weight is 326 g/mol. The Morgan fingerprint density at radius 1 is 1.36 bits per heavy atom. The third kappa shape index (κ3) is 2.75. The number of hydrogen-bond donors (Lipinski definition) is 1. The Bertz CT molecular complexity index is 781. The molecule has 8 heteroatoms. The summed E-state index contributed by atoms with van der Waals surface area (Å²) in [7, 11) is 1.15. The number of nitrogens with zero attached hydrogens (tertiary/aromatic N) is 2. The van der Waals surface area contributed by atoms with Crippen molar-refractivity contribution < 1.29 is 18.3 Å². The van der Waals surface area contributed by atoms with Crippen LogP contribution in [-0.4, -0.2) is 23.0 Å². The van der Waals surface area contributed by atoms with E-state index in [0.717, 1.165) is 19.2 Å². The molecule has 0 fully saturated rings. The molecule has 0 amide bonds. The van der Waals surface area contributed by atoms with E-state index in [0.29, 0.717) is 0 Å². The van der Waals surface area contributed by atoms with Crippen molar-refractivity contribution in [1.29, 1.82) is 0 Å². The minimum absolute atomic E-state index is 0.116. The zero-order valence-corrected chi connectivity index (χ0v) is 12.1. The Morgan fingerprint density at radius 3 is 2.64 bits per heavy atom. The van der Waals surface area contributed by atoms with Crippen molar-refractivity contribution >= 4 is 29.5 Å². The zero-order chi connectivity index (χ0) is 16.4. The summed E-state index contributed by atoms with van der Waals surface area (Å²) in [5.41, 5.74) is 5.37. The molecule has 1 aromatic carbocycles. The number of carbonyl (C=O) groups is 1. The van der Waals surface area contributed by atoms with Crippen molar-refractivity contribution in [1.82, 2.24) is 9.97 Å². The molecule has 5 nitrogen and oxygen atoms in total. The number of aromatic nitrogens is 2. The molecule has 114 valence electrons. The number of benzene rings is 1. The Labute approximate surface area is 129 Å². The highest BCUT2D eigenvalue weighted by atomic mass is 35.5. The average Bonchev–Trinajstić information content (AvgIpc) is 2.49. The lowest BCUT2D eigenvalue weighted by molar-refractivity contribution is 0.0593. The van der Waals surface area contributed by atoms with Crippen LogP contribution in [0.5, 0.6) is 0 Å². The Balaban J connectivity index is 2.72. The van der Waals surface area contributed by atoms with Crippen LogP contribution in [0.4, 0.5) is 14.6 Å². The predicted molar refractivity (Wildman–Crippen MR) is 78.2 cm³/mol. The van der Waals surface area contributed by atoms with Gasteiger partial charge in [0.15, 0.2) is 11.5 Å². The lowest BCUT2D eigenvalue weighted by Gasteiger charge is -2.10. The van der Waals surface area contributed by atoms with Crippen LogP contribution < -0.4 is 5.73 Å². The second kappa shape index (κ2) is 6.07. The zero-order valence-electron chi connectivity index (χ0n) is 11.4. The monoisotopic (exact) mass is 325 g/mol. The number of nitrogens with two attached hydrogens (primary N) is 1. The predicted octanol–water partition coefficient (Wildman–Crippen LogP) is 3.09. The molecular weight excluding hydrogens is 316 g/mol. The van der Waals surface area contributed by atoms with E-state index in [2.05, 4.69) is 21.3 Å². The first-order chi connectivity index (χ1) is 10.4. The highest BCUT2D eigenvalue weighted by molar-refractivity contribution is 6.30. The van der Waals surface area contributed by atoms with Crippen molar-refractivity contribution in [3.8, 4) is 11.4 Å². The molecule has 0 radical (unpaired) electrons. The Kier molecular flexibility index (Phi) is 4.37. The van der Waals surface area contributed by atoms with Gasteiger partial charge < -0.3 is 10.5 Å². The molecule has 22 heavy (non-hydrogen) atoms. The third-order valence-electron chi connectivity index (χ3n) is 2.81. The van der Waals surface area contributed by atoms with Crippen molar-refractivity contribution in [3.05, 3.63) is 46.6 Å². The van der Waals surface area contributed by atoms with Crippen molar-refractivity contribution in [2.75, 3.05) is 12.8 Å². The molecule has 1 heterocycles. The summed E-state index contributed by atoms with van der Waals surface area (Å²) in [5, 5.41) is -0.384. The van der Waals surface area contributed by atoms with Crippen LogP contribution in [0.25, 0.3) is 17.5 Å². The van der Waals surface area contributed by atoms with E-state index in [1.807, 2.05) is 0 Å². The summed E-state index contributed by atoms with van der Waals surface area (Å²) >= 11 is 5.49. The van der Waals surface area contributed by atoms with Crippen LogP contribution >= 0.6 is 11.6 Å². The van der Waals surface area contributed by atoms with Gasteiger partial charge in [0, 0.05) is 5.56 Å². The fourth-order valence-corrected chi connectivity index (χ4v) is 1.90. The third-order valence-corrected chi connectivity index (χ3v) is 3.10. The number of rotatable bonds is 3. The van der Waals surface area contributed by atoms with E-state index < -0.39 is 17.6 Å². The van der Waals surface area contributed by atoms with Gasteiger partial charge in [-0.05, 0) is 12.1 Å². The number of methoxy groups -OCH3 is 1. The summed E-state index contributed by atoms with van der Waals surface area (Å²) in [6.07, 6.45) is 1.27. The van der Waals surface area contributed by atoms with Crippen LogP contribution in [-0.2, 0) is 4.74 Å². The highest BCUT2D eigenvalue weighted by Gasteiger charge is 2.20. The number of carbonyl (C=O) groups excluding carboxylic acids is 1. The number of nitrogen functional groups attached to an aromatic ring is 1. The first-order valence-electron chi connectivity index (χ1n) is 5.92. The lowest BCUT2D eigenvalue weighted by atomic mass is 10.1. The molecule has 0 atom stereocenters. The number of anilines is 1. The largest absolute Gasteiger partial charge is 0.464 e. The van der Waals surface area contributed by atoms with Gasteiger partial charge in [-0.1, -0.05) is 24.3 Å². The van der Waals surface area contributed by atoms with Crippen LogP contribution in [0.3, 0.4) is 0 Å². The second-order valence-electron chi connectivity index (χ2n) is 4.14. The number of esters is 1. The van der Waals surface area contributed by atoms with Gasteiger partial charge in [0.2, 0.25) is 0 Å². The van der Waals surface area contributed by atoms with Gasteiger partial charge in [0.05, 0.1) is 17.7 Å². The molecular formula is C14H10ClF2N3O2. The van der Waals surface area contributed by atoms with Gasteiger partial charge in [-0.15, -0.1) is 0 Å². The van der Waals surface area contributed by atoms with Crippen molar-refractivity contribution in [2.45, 2.75) is 0 Å². The molecule has 0 unspecified atom stereocenters. The van der Waals surface area contributed by atoms with Gasteiger partial charge in [-0.3, -0.25) is 0 Å². The van der Waals surface area contributed by atoms with E-state index in [-0.39, 0.29) is 33.5 Å². The summed E-state index contributed by atoms with van der Waals surface area (Å²) in [5.74, 6) is -2.90. The topological polar surface area (TPSA) is 78.1 Å². The molecule has 0 aliphatic carbocycles. The maximum Gasteiger partial charge on any atom is 0.357 e. The van der Waals surface area contributed by atoms with Crippen LogP contribution in [0.15, 0.2) is 18.7 Å². The fourth-order valence-electron chi connectivity index (χ4n) is 1.75. The number of hydrogen-bond acceptors (Lipinski definition) is 5. The molecule has 0 saturated heterocycles. The quantitative estimate of drug-likeness (QED) is 0.693. The van der Waals surface area contributed by atoms with Crippen LogP contribution in [0.2, 0.25) is 5.02 Å². The summed E-state index contributed by atoms with van der Waals surface area (Å²) in [6, 6.07) is 1.60. The molecule has 0 spiro atoms. The van der Waals surface area contributed by atoms with Gasteiger partial charge in [0.25, 0.3) is 0 Å². The lowest BCUT2D eigenvalue weighted by Crippen LogP contribution is -2.12. The SMILES string of the molecule is C=Cc1c(N)nc(-c2cc(F)c(Cl)cc2F)nc1C(=O)OC. The first-order valence-corrected chi connectivity index (χ1v) is 6.30. The fraction of sp³-hybridized carbons (Fsp3) is 0.0714. The molecule has 2 N–H and O–H groups in total. The van der Waals surface area contributed by atoms with Crippen LogP contribution in [0, 0.1) is 11.6 Å². The standard InChI is InChI=1S/C14H10ClF2N3O2/c1-3-6-11(14(21)22-2)19-13(20-12(6)18)7-4-10(17)8(15)5-9(7)16/h3-5H,1H2,2H3,(H2,18,19,20). The Hall–Kier alpha value is -2.54. The van der Waals surface area contributed by atoms with Gasteiger partial charge in [-0.2, -0.15) is 0 Å². The highest BCUT2D eigenvalue weighted by Crippen LogP contribution is 2.28. The van der Waals surface area contributed by atoms with Crippen LogP contribution in [0.1, 0.15) is 16.1 Å². The number of halogens is 3. The van der Waals surface area contributed by atoms with E-state index in [4.69, 9.17) is 17.3 Å². The van der Waals surface area contributed by atoms with Crippen molar-refractivity contribution in [3.63, 3.8) is 0 Å². The molecule has 2 aromatic rings.